The molecule has 4 aromatic rings. The van der Waals surface area contributed by atoms with E-state index < -0.39 is 0 Å². The molecule has 1 saturated heterocycles. The van der Waals surface area contributed by atoms with Crippen LogP contribution in [-0.4, -0.2) is 51.2 Å². The molecule has 1 aliphatic rings. The number of halogens is 1. The summed E-state index contributed by atoms with van der Waals surface area (Å²) in [6.07, 6.45) is 0. The molecule has 0 amide bonds. The Hall–Kier alpha value is -2.76. The molecule has 11 heteroatoms. The lowest BCUT2D eigenvalue weighted by Gasteiger charge is -2.27. The molecule has 0 spiro atoms. The van der Waals surface area contributed by atoms with Gasteiger partial charge in [-0.2, -0.15) is 16.3 Å². The minimum atomic E-state index is -0.317. The van der Waals surface area contributed by atoms with Gasteiger partial charge >= 0.3 is 0 Å². The van der Waals surface area contributed by atoms with Gasteiger partial charge in [-0.3, -0.25) is 4.57 Å². The number of rotatable bonds is 6. The summed E-state index contributed by atoms with van der Waals surface area (Å²) in [7, 11) is 0. The highest BCUT2D eigenvalue weighted by atomic mass is 32.2. The normalized spacial score (nSPS) is 14.4. The molecule has 1 fully saturated rings. The number of hydrogen-bond donors (Lipinski definition) is 0. The SMILES string of the molecule is Fc1cccc(-n2c(SCc3nc(-c4ccsc4)no3)nnc2N2CCOCC2)c1. The molecule has 0 N–H and O–H groups in total. The maximum Gasteiger partial charge on any atom is 0.237 e. The second kappa shape index (κ2) is 8.54. The number of ether oxygens (including phenoxy) is 1. The third kappa shape index (κ3) is 3.95. The molecule has 0 radical (unpaired) electrons. The maximum atomic E-state index is 13.9. The molecule has 1 aliphatic heterocycles. The predicted molar refractivity (Wildman–Crippen MR) is 112 cm³/mol. The van der Waals surface area contributed by atoms with E-state index in [1.165, 1.54) is 23.9 Å². The van der Waals surface area contributed by atoms with Crippen LogP contribution < -0.4 is 4.90 Å². The Kier molecular flexibility index (Phi) is 5.47. The largest absolute Gasteiger partial charge is 0.378 e. The van der Waals surface area contributed by atoms with Crippen molar-refractivity contribution >= 4 is 29.0 Å². The van der Waals surface area contributed by atoms with Crippen LogP contribution in [0.3, 0.4) is 0 Å². The first kappa shape index (κ1) is 19.2. The van der Waals surface area contributed by atoms with Crippen molar-refractivity contribution in [2.75, 3.05) is 31.2 Å². The molecule has 0 bridgehead atoms. The van der Waals surface area contributed by atoms with E-state index in [0.29, 0.717) is 60.6 Å². The van der Waals surface area contributed by atoms with Crippen molar-refractivity contribution in [2.45, 2.75) is 10.9 Å². The van der Waals surface area contributed by atoms with Gasteiger partial charge in [0.05, 0.1) is 24.7 Å². The molecule has 3 aromatic heterocycles. The van der Waals surface area contributed by atoms with E-state index in [9.17, 15) is 4.39 Å². The highest BCUT2D eigenvalue weighted by Crippen LogP contribution is 2.30. The van der Waals surface area contributed by atoms with Crippen molar-refractivity contribution in [1.29, 1.82) is 0 Å². The Morgan fingerprint density at radius 3 is 2.87 bits per heavy atom. The summed E-state index contributed by atoms with van der Waals surface area (Å²) in [6, 6.07) is 8.34. The molecule has 0 aliphatic carbocycles. The lowest BCUT2D eigenvalue weighted by atomic mass is 10.3. The number of morpholine rings is 1. The second-order valence-corrected chi connectivity index (χ2v) is 8.23. The molecule has 0 saturated carbocycles. The molecule has 154 valence electrons. The maximum absolute atomic E-state index is 13.9. The van der Waals surface area contributed by atoms with Crippen LogP contribution in [0.25, 0.3) is 17.1 Å². The zero-order valence-corrected chi connectivity index (χ0v) is 17.4. The zero-order chi connectivity index (χ0) is 20.3. The summed E-state index contributed by atoms with van der Waals surface area (Å²) in [6.45, 7) is 2.63. The molecule has 0 unspecified atom stereocenters. The van der Waals surface area contributed by atoms with Gasteiger partial charge in [0.1, 0.15) is 5.82 Å². The van der Waals surface area contributed by atoms with Crippen molar-refractivity contribution < 1.29 is 13.7 Å². The number of aromatic nitrogens is 5. The molecule has 0 atom stereocenters. The van der Waals surface area contributed by atoms with Gasteiger partial charge in [0, 0.05) is 24.0 Å². The lowest BCUT2D eigenvalue weighted by Crippen LogP contribution is -2.37. The third-order valence-electron chi connectivity index (χ3n) is 4.55. The number of benzene rings is 1. The predicted octanol–water partition coefficient (Wildman–Crippen LogP) is 3.65. The topological polar surface area (TPSA) is 82.1 Å². The van der Waals surface area contributed by atoms with Crippen LogP contribution in [-0.2, 0) is 10.5 Å². The van der Waals surface area contributed by atoms with Gasteiger partial charge < -0.3 is 14.2 Å². The van der Waals surface area contributed by atoms with Crippen LogP contribution >= 0.6 is 23.1 Å². The number of anilines is 1. The standard InChI is InChI=1S/C19H17FN6O2S2/c20-14-2-1-3-15(10-14)26-18(25-5-7-27-8-6-25)22-23-19(26)30-12-16-21-17(24-28-16)13-4-9-29-11-13/h1-4,9-11H,5-8,12H2. The first-order chi connectivity index (χ1) is 14.8. The van der Waals surface area contributed by atoms with Crippen LogP contribution in [0.5, 0.6) is 0 Å². The average Bonchev–Trinajstić information content (AvgIpc) is 3.53. The summed E-state index contributed by atoms with van der Waals surface area (Å²) in [5.74, 6) is 1.82. The molecule has 30 heavy (non-hydrogen) atoms. The van der Waals surface area contributed by atoms with E-state index >= 15 is 0 Å². The molecule has 1 aromatic carbocycles. The summed E-state index contributed by atoms with van der Waals surface area (Å²) < 4.78 is 26.6. The fraction of sp³-hybridized carbons (Fsp3) is 0.263. The van der Waals surface area contributed by atoms with Gasteiger partial charge in [-0.1, -0.05) is 23.0 Å². The number of thioether (sulfide) groups is 1. The monoisotopic (exact) mass is 444 g/mol. The van der Waals surface area contributed by atoms with Crippen LogP contribution in [0.2, 0.25) is 0 Å². The Balaban J connectivity index is 1.42. The molecule has 5 rings (SSSR count). The Morgan fingerprint density at radius 2 is 2.07 bits per heavy atom. The van der Waals surface area contributed by atoms with E-state index in [2.05, 4.69) is 25.2 Å². The summed E-state index contributed by atoms with van der Waals surface area (Å²) >= 11 is 2.99. The van der Waals surface area contributed by atoms with Gasteiger partial charge in [-0.05, 0) is 29.6 Å². The Bertz CT molecular complexity index is 1120. The average molecular weight is 445 g/mol. The van der Waals surface area contributed by atoms with Crippen molar-refractivity contribution in [1.82, 2.24) is 24.9 Å². The van der Waals surface area contributed by atoms with Crippen molar-refractivity contribution in [2.24, 2.45) is 0 Å². The fourth-order valence-corrected chi connectivity index (χ4v) is 4.53. The number of thiophene rings is 1. The van der Waals surface area contributed by atoms with E-state index in [4.69, 9.17) is 9.26 Å². The highest BCUT2D eigenvalue weighted by Gasteiger charge is 2.22. The minimum absolute atomic E-state index is 0.317. The van der Waals surface area contributed by atoms with Crippen molar-refractivity contribution in [3.63, 3.8) is 0 Å². The first-order valence-electron chi connectivity index (χ1n) is 9.30. The fourth-order valence-electron chi connectivity index (χ4n) is 3.11. The quantitative estimate of drug-likeness (QED) is 0.417. The summed E-state index contributed by atoms with van der Waals surface area (Å²) in [5, 5.41) is 17.3. The van der Waals surface area contributed by atoms with Crippen LogP contribution in [0.4, 0.5) is 10.3 Å². The van der Waals surface area contributed by atoms with Gasteiger partial charge in [0.25, 0.3) is 0 Å². The lowest BCUT2D eigenvalue weighted by molar-refractivity contribution is 0.122. The Labute approximate surface area is 179 Å². The first-order valence-corrected chi connectivity index (χ1v) is 11.2. The van der Waals surface area contributed by atoms with E-state index in [1.807, 2.05) is 27.5 Å². The van der Waals surface area contributed by atoms with Gasteiger partial charge in [0.2, 0.25) is 17.7 Å². The Morgan fingerprint density at radius 1 is 1.17 bits per heavy atom. The van der Waals surface area contributed by atoms with Crippen LogP contribution in [0.1, 0.15) is 5.89 Å². The van der Waals surface area contributed by atoms with Crippen molar-refractivity contribution in [3.05, 3.63) is 52.8 Å². The van der Waals surface area contributed by atoms with Crippen molar-refractivity contribution in [3.8, 4) is 17.1 Å². The number of nitrogens with zero attached hydrogens (tertiary/aromatic N) is 6. The van der Waals surface area contributed by atoms with Gasteiger partial charge in [-0.15, -0.1) is 10.2 Å². The minimum Gasteiger partial charge on any atom is -0.378 e. The zero-order valence-electron chi connectivity index (χ0n) is 15.8. The van der Waals surface area contributed by atoms with E-state index in [-0.39, 0.29) is 5.82 Å². The smallest absolute Gasteiger partial charge is 0.237 e. The van der Waals surface area contributed by atoms with Gasteiger partial charge in [0.15, 0.2) is 5.16 Å². The molecular weight excluding hydrogens is 427 g/mol. The second-order valence-electron chi connectivity index (χ2n) is 6.51. The van der Waals surface area contributed by atoms with Crippen LogP contribution in [0, 0.1) is 5.82 Å². The molecular formula is C19H17FN6O2S2. The number of hydrogen-bond acceptors (Lipinski definition) is 9. The van der Waals surface area contributed by atoms with E-state index in [1.54, 1.807) is 17.4 Å². The summed E-state index contributed by atoms with van der Waals surface area (Å²) in [5.41, 5.74) is 1.59. The van der Waals surface area contributed by atoms with E-state index in [0.717, 1.165) is 5.56 Å². The third-order valence-corrected chi connectivity index (χ3v) is 6.15. The van der Waals surface area contributed by atoms with Crippen LogP contribution in [0.15, 0.2) is 50.8 Å². The summed E-state index contributed by atoms with van der Waals surface area (Å²) in [4.78, 5) is 6.53. The van der Waals surface area contributed by atoms with Gasteiger partial charge in [-0.25, -0.2) is 4.39 Å². The molecule has 8 nitrogen and oxygen atoms in total. The highest BCUT2D eigenvalue weighted by molar-refractivity contribution is 7.98. The molecule has 4 heterocycles.